The molecule has 0 spiro atoms. The van der Waals surface area contributed by atoms with Crippen LogP contribution in [0.25, 0.3) is 0 Å². The minimum atomic E-state index is -4.44. The summed E-state index contributed by atoms with van der Waals surface area (Å²) in [5, 5.41) is 11.2. The molecule has 13 heteroatoms. The van der Waals surface area contributed by atoms with Crippen molar-refractivity contribution >= 4 is 30.3 Å². The first-order chi connectivity index (χ1) is 19.6. The first kappa shape index (κ1) is 31.8. The summed E-state index contributed by atoms with van der Waals surface area (Å²) in [5.74, 6) is -0.176. The van der Waals surface area contributed by atoms with Crippen molar-refractivity contribution < 1.29 is 36.6 Å². The Kier molecular flexibility index (Phi) is 11.9. The van der Waals surface area contributed by atoms with E-state index in [0.717, 1.165) is 5.56 Å². The number of amides is 2. The molecule has 2 amide bonds. The van der Waals surface area contributed by atoms with Crippen LogP contribution in [0.2, 0.25) is 0 Å². The Morgan fingerprint density at radius 2 is 1.90 bits per heavy atom. The van der Waals surface area contributed by atoms with E-state index in [0.29, 0.717) is 43.6 Å². The number of carbonyl (C=O) groups excluding carboxylic acids is 2. The highest BCUT2D eigenvalue weighted by atomic mass is 32.2. The molecule has 1 heterocycles. The van der Waals surface area contributed by atoms with E-state index in [9.17, 15) is 27.2 Å². The van der Waals surface area contributed by atoms with Gasteiger partial charge < -0.3 is 20.1 Å². The van der Waals surface area contributed by atoms with Gasteiger partial charge in [0, 0.05) is 31.8 Å². The Labute approximate surface area is 240 Å². The third-order valence-corrected chi connectivity index (χ3v) is 6.62. The lowest BCUT2D eigenvalue weighted by Crippen LogP contribution is -2.45. The summed E-state index contributed by atoms with van der Waals surface area (Å²) < 4.78 is 60.9. The summed E-state index contributed by atoms with van der Waals surface area (Å²) in [5.41, 5.74) is 1.21. The molecule has 2 aromatic carbocycles. The third-order valence-electron chi connectivity index (χ3n) is 6.07. The van der Waals surface area contributed by atoms with Gasteiger partial charge in [0.2, 0.25) is 5.91 Å². The van der Waals surface area contributed by atoms with Crippen LogP contribution in [0.1, 0.15) is 24.8 Å². The van der Waals surface area contributed by atoms with Gasteiger partial charge in [-0.25, -0.2) is 9.40 Å². The molecular formula is C28H32F4N4O4S. The number of hydrogen-bond donors (Lipinski definition) is 2. The molecular weight excluding hydrogens is 564 g/mol. The minimum absolute atomic E-state index is 0.0384. The Bertz CT molecular complexity index is 1220. The van der Waals surface area contributed by atoms with Gasteiger partial charge in [-0.3, -0.25) is 9.59 Å². The number of alkyl halides is 3. The fraction of sp³-hybridized carbons (Fsp3) is 0.393. The monoisotopic (exact) mass is 596 g/mol. The summed E-state index contributed by atoms with van der Waals surface area (Å²) >= 11 is 1.33. The molecule has 222 valence electrons. The number of hydrazone groups is 1. The van der Waals surface area contributed by atoms with E-state index in [1.165, 1.54) is 47.1 Å². The third kappa shape index (κ3) is 10.6. The predicted octanol–water partition coefficient (Wildman–Crippen LogP) is 4.67. The van der Waals surface area contributed by atoms with Crippen LogP contribution in [-0.4, -0.2) is 67.5 Å². The van der Waals surface area contributed by atoms with Gasteiger partial charge in [-0.05, 0) is 55.3 Å². The number of nitrogens with one attached hydrogen (secondary N) is 2. The van der Waals surface area contributed by atoms with Gasteiger partial charge in [-0.15, -0.1) is 0 Å². The first-order valence-electron chi connectivity index (χ1n) is 12.8. The van der Waals surface area contributed by atoms with E-state index in [4.69, 9.17) is 9.47 Å². The standard InChI is InChI=1S/C28H32F4N4O4S/c1-33-36(14-12-19-6-8-20(29)9-7-19)26(35-25(37)17-41-2)24-11-10-21(34-27(24)38)13-15-39-22-4-3-5-23(16-22)40-18-28(30,31)32/h3-9,16,21H,1,10-15,17-18H2,2H3,(H,34,38)(H,35,37)/b26-24+. The number of piperidine rings is 1. The number of rotatable bonds is 14. The summed E-state index contributed by atoms with van der Waals surface area (Å²) in [6.45, 7) is 2.72. The van der Waals surface area contributed by atoms with Crippen LogP contribution in [0.15, 0.2) is 65.0 Å². The van der Waals surface area contributed by atoms with Crippen LogP contribution in [0.5, 0.6) is 11.5 Å². The quantitative estimate of drug-likeness (QED) is 0.143. The molecule has 1 aliphatic rings. The summed E-state index contributed by atoms with van der Waals surface area (Å²) in [6.07, 6.45) is -0.815. The van der Waals surface area contributed by atoms with Crippen molar-refractivity contribution in [3.63, 3.8) is 0 Å². The lowest BCUT2D eigenvalue weighted by molar-refractivity contribution is -0.153. The van der Waals surface area contributed by atoms with Gasteiger partial charge in [0.25, 0.3) is 5.91 Å². The fourth-order valence-electron chi connectivity index (χ4n) is 4.09. The number of carbonyl (C=O) groups is 2. The molecule has 1 aliphatic heterocycles. The maximum Gasteiger partial charge on any atom is 0.422 e. The molecule has 8 nitrogen and oxygen atoms in total. The molecule has 0 bridgehead atoms. The number of benzene rings is 2. The number of hydrogen-bond acceptors (Lipinski definition) is 7. The first-order valence-corrected chi connectivity index (χ1v) is 14.2. The van der Waals surface area contributed by atoms with Gasteiger partial charge in [0.1, 0.15) is 23.1 Å². The Balaban J connectivity index is 1.62. The van der Waals surface area contributed by atoms with Crippen LogP contribution in [0, 0.1) is 5.82 Å². The smallest absolute Gasteiger partial charge is 0.422 e. The minimum Gasteiger partial charge on any atom is -0.493 e. The Hall–Kier alpha value is -3.74. The SMILES string of the molecule is C=NN(CCc1ccc(F)cc1)/C(NC(=O)CSC)=C1\CCC(CCOc2cccc(OCC(F)(F)F)c2)NC1=O. The molecule has 3 rings (SSSR count). The molecule has 1 unspecified atom stereocenters. The molecule has 0 radical (unpaired) electrons. The van der Waals surface area contributed by atoms with E-state index >= 15 is 0 Å². The second-order valence-corrected chi connectivity index (χ2v) is 10.0. The van der Waals surface area contributed by atoms with Crippen molar-refractivity contribution in [1.82, 2.24) is 15.6 Å². The van der Waals surface area contributed by atoms with Crippen LogP contribution in [-0.2, 0) is 16.0 Å². The van der Waals surface area contributed by atoms with Crippen molar-refractivity contribution in [3.8, 4) is 11.5 Å². The maximum atomic E-state index is 13.3. The average Bonchev–Trinajstić information content (AvgIpc) is 2.93. The van der Waals surface area contributed by atoms with Crippen molar-refractivity contribution in [2.24, 2.45) is 5.10 Å². The van der Waals surface area contributed by atoms with Crippen LogP contribution in [0.3, 0.4) is 0 Å². The highest BCUT2D eigenvalue weighted by Gasteiger charge is 2.29. The average molecular weight is 597 g/mol. The van der Waals surface area contributed by atoms with Gasteiger partial charge in [0.15, 0.2) is 6.61 Å². The van der Waals surface area contributed by atoms with E-state index in [-0.39, 0.29) is 47.6 Å². The highest BCUT2D eigenvalue weighted by molar-refractivity contribution is 7.99. The molecule has 1 saturated heterocycles. The second kappa shape index (κ2) is 15.3. The Morgan fingerprint density at radius 1 is 1.20 bits per heavy atom. The van der Waals surface area contributed by atoms with Crippen molar-refractivity contribution in [1.29, 1.82) is 0 Å². The molecule has 0 saturated carbocycles. The zero-order valence-electron chi connectivity index (χ0n) is 22.5. The van der Waals surface area contributed by atoms with Gasteiger partial charge in [-0.2, -0.15) is 30.0 Å². The molecule has 2 N–H and O–H groups in total. The van der Waals surface area contributed by atoms with E-state index in [1.54, 1.807) is 24.5 Å². The predicted molar refractivity (Wildman–Crippen MR) is 149 cm³/mol. The number of thioether (sulfide) groups is 1. The van der Waals surface area contributed by atoms with Crippen molar-refractivity contribution in [2.45, 2.75) is 37.9 Å². The second-order valence-electron chi connectivity index (χ2n) is 9.17. The van der Waals surface area contributed by atoms with Gasteiger partial charge >= 0.3 is 6.18 Å². The molecule has 1 atom stereocenters. The summed E-state index contributed by atoms with van der Waals surface area (Å²) in [6, 6.07) is 11.7. The molecule has 0 aliphatic carbocycles. The zero-order chi connectivity index (χ0) is 29.8. The largest absolute Gasteiger partial charge is 0.493 e. The van der Waals surface area contributed by atoms with Crippen LogP contribution < -0.4 is 20.1 Å². The fourth-order valence-corrected chi connectivity index (χ4v) is 4.43. The van der Waals surface area contributed by atoms with E-state index < -0.39 is 12.8 Å². The summed E-state index contributed by atoms with van der Waals surface area (Å²) in [7, 11) is 0. The lowest BCUT2D eigenvalue weighted by Gasteiger charge is -2.30. The number of nitrogens with zero attached hydrogens (tertiary/aromatic N) is 2. The van der Waals surface area contributed by atoms with Crippen molar-refractivity contribution in [3.05, 3.63) is 71.3 Å². The number of ether oxygens (including phenoxy) is 2. The molecule has 41 heavy (non-hydrogen) atoms. The molecule has 1 fully saturated rings. The molecule has 2 aromatic rings. The molecule has 0 aromatic heterocycles. The lowest BCUT2D eigenvalue weighted by atomic mass is 9.97. The normalized spacial score (nSPS) is 16.4. The van der Waals surface area contributed by atoms with Crippen LogP contribution >= 0.6 is 11.8 Å². The topological polar surface area (TPSA) is 92.3 Å². The highest BCUT2D eigenvalue weighted by Crippen LogP contribution is 2.25. The van der Waals surface area contributed by atoms with E-state index in [2.05, 4.69) is 22.5 Å². The maximum absolute atomic E-state index is 13.3. The van der Waals surface area contributed by atoms with Crippen molar-refractivity contribution in [2.75, 3.05) is 31.8 Å². The van der Waals surface area contributed by atoms with E-state index in [1.807, 2.05) is 0 Å². The zero-order valence-corrected chi connectivity index (χ0v) is 23.3. The Morgan fingerprint density at radius 3 is 2.54 bits per heavy atom. The van der Waals surface area contributed by atoms with Gasteiger partial charge in [-0.1, -0.05) is 18.2 Å². The summed E-state index contributed by atoms with van der Waals surface area (Å²) in [4.78, 5) is 25.6. The number of halogens is 4. The van der Waals surface area contributed by atoms with Gasteiger partial charge in [0.05, 0.1) is 17.9 Å². The van der Waals surface area contributed by atoms with Crippen LogP contribution in [0.4, 0.5) is 17.6 Å².